The van der Waals surface area contributed by atoms with Gasteiger partial charge in [0.05, 0.1) is 17.7 Å². The number of rotatable bonds is 5. The van der Waals surface area contributed by atoms with Crippen LogP contribution in [0.4, 0.5) is 5.69 Å². The summed E-state index contributed by atoms with van der Waals surface area (Å²) in [6.45, 7) is 5.50. The van der Waals surface area contributed by atoms with Gasteiger partial charge in [0.15, 0.2) is 5.11 Å². The van der Waals surface area contributed by atoms with Crippen molar-refractivity contribution in [1.82, 2.24) is 10.2 Å². The molecule has 1 fully saturated rings. The summed E-state index contributed by atoms with van der Waals surface area (Å²) < 4.78 is 5.45. The Hall–Kier alpha value is -2.41. The van der Waals surface area contributed by atoms with E-state index in [0.29, 0.717) is 16.4 Å². The van der Waals surface area contributed by atoms with Crippen LogP contribution in [-0.4, -0.2) is 35.0 Å². The zero-order valence-electron chi connectivity index (χ0n) is 16.0. The van der Waals surface area contributed by atoms with Gasteiger partial charge in [0.1, 0.15) is 0 Å². The normalized spacial score (nSPS) is 19.8. The van der Waals surface area contributed by atoms with Gasteiger partial charge in [0, 0.05) is 24.4 Å². The Labute approximate surface area is 164 Å². The summed E-state index contributed by atoms with van der Waals surface area (Å²) in [7, 11) is 1.82. The predicted molar refractivity (Wildman–Crippen MR) is 108 cm³/mol. The minimum atomic E-state index is -0.433. The Morgan fingerprint density at radius 3 is 2.67 bits per heavy atom. The summed E-state index contributed by atoms with van der Waals surface area (Å²) in [6, 6.07) is 7.06. The van der Waals surface area contributed by atoms with E-state index in [4.69, 9.17) is 17.0 Å². The average molecular weight is 388 g/mol. The van der Waals surface area contributed by atoms with Crippen molar-refractivity contribution in [2.24, 2.45) is 5.92 Å². The van der Waals surface area contributed by atoms with Gasteiger partial charge >= 0.3 is 5.97 Å². The van der Waals surface area contributed by atoms with Crippen LogP contribution in [-0.2, 0) is 14.3 Å². The van der Waals surface area contributed by atoms with Crippen molar-refractivity contribution < 1.29 is 14.3 Å². The molecule has 0 aromatic heterocycles. The van der Waals surface area contributed by atoms with Gasteiger partial charge in [-0.2, -0.15) is 0 Å². The van der Waals surface area contributed by atoms with Crippen molar-refractivity contribution in [1.29, 1.82) is 0 Å². The zero-order chi connectivity index (χ0) is 19.7. The van der Waals surface area contributed by atoms with E-state index in [-0.39, 0.29) is 23.9 Å². The van der Waals surface area contributed by atoms with Gasteiger partial charge in [0.25, 0.3) is 0 Å². The van der Waals surface area contributed by atoms with E-state index in [2.05, 4.69) is 10.6 Å². The summed E-state index contributed by atoms with van der Waals surface area (Å²) in [5, 5.41) is 6.70. The molecule has 144 valence electrons. The monoisotopic (exact) mass is 387 g/mol. The smallest absolute Gasteiger partial charge is 0.338 e. The lowest BCUT2D eigenvalue weighted by Gasteiger charge is -2.35. The Morgan fingerprint density at radius 1 is 1.33 bits per heavy atom. The highest BCUT2D eigenvalue weighted by Crippen LogP contribution is 2.33. The van der Waals surface area contributed by atoms with Gasteiger partial charge in [-0.15, -0.1) is 0 Å². The third-order valence-corrected chi connectivity index (χ3v) is 5.14. The molecule has 0 saturated heterocycles. The number of nitrogens with one attached hydrogen (secondary N) is 2. The summed E-state index contributed by atoms with van der Waals surface area (Å²) in [5.74, 6) is -0.201. The number of thiocarbonyl (C=S) groups is 1. The van der Waals surface area contributed by atoms with Gasteiger partial charge in [-0.1, -0.05) is 12.1 Å². The Bertz CT molecular complexity index is 814. The summed E-state index contributed by atoms with van der Waals surface area (Å²) in [5.41, 5.74) is 2.83. The van der Waals surface area contributed by atoms with E-state index in [1.165, 1.54) is 0 Å². The minimum Gasteiger partial charge on any atom is -0.459 e. The quantitative estimate of drug-likeness (QED) is 0.598. The van der Waals surface area contributed by atoms with Crippen LogP contribution in [0.15, 0.2) is 35.5 Å². The fraction of sp³-hybridized carbons (Fsp3) is 0.450. The molecule has 27 heavy (non-hydrogen) atoms. The number of benzene rings is 1. The highest BCUT2D eigenvalue weighted by atomic mass is 32.1. The molecule has 1 amide bonds. The number of carbonyl (C=O) groups excluding carboxylic acids is 2. The molecule has 0 bridgehead atoms. The van der Waals surface area contributed by atoms with Gasteiger partial charge in [0.2, 0.25) is 5.91 Å². The maximum absolute atomic E-state index is 12.8. The SMILES string of the molecule is CC1=C(C(=O)OC(C)C)C(c2cccc(NC(=O)C3CC3)c2)NC(=S)N1C. The number of hydrogen-bond donors (Lipinski definition) is 2. The summed E-state index contributed by atoms with van der Waals surface area (Å²) in [4.78, 5) is 26.6. The zero-order valence-corrected chi connectivity index (χ0v) is 16.9. The van der Waals surface area contributed by atoms with Crippen molar-refractivity contribution in [3.63, 3.8) is 0 Å². The van der Waals surface area contributed by atoms with Crippen LogP contribution >= 0.6 is 12.2 Å². The van der Waals surface area contributed by atoms with E-state index >= 15 is 0 Å². The van der Waals surface area contributed by atoms with Crippen molar-refractivity contribution >= 4 is 34.9 Å². The van der Waals surface area contributed by atoms with Gasteiger partial charge < -0.3 is 20.3 Å². The molecule has 0 spiro atoms. The van der Waals surface area contributed by atoms with Crippen molar-refractivity contribution in [3.05, 3.63) is 41.1 Å². The number of hydrogen-bond acceptors (Lipinski definition) is 4. The molecule has 3 rings (SSSR count). The molecule has 7 heteroatoms. The number of amides is 1. The highest BCUT2D eigenvalue weighted by Gasteiger charge is 2.34. The van der Waals surface area contributed by atoms with Crippen LogP contribution in [0, 0.1) is 5.92 Å². The van der Waals surface area contributed by atoms with E-state index in [0.717, 1.165) is 24.1 Å². The molecular weight excluding hydrogens is 362 g/mol. The van der Waals surface area contributed by atoms with E-state index in [1.807, 2.05) is 52.1 Å². The second-order valence-corrected chi connectivity index (χ2v) is 7.67. The average Bonchev–Trinajstić information content (AvgIpc) is 3.44. The Morgan fingerprint density at radius 2 is 2.04 bits per heavy atom. The number of nitrogens with zero attached hydrogens (tertiary/aromatic N) is 1. The largest absolute Gasteiger partial charge is 0.459 e. The van der Waals surface area contributed by atoms with Crippen LogP contribution in [0.5, 0.6) is 0 Å². The molecule has 1 unspecified atom stereocenters. The molecule has 1 aliphatic carbocycles. The van der Waals surface area contributed by atoms with Crippen LogP contribution in [0.1, 0.15) is 45.2 Å². The topological polar surface area (TPSA) is 70.7 Å². The van der Waals surface area contributed by atoms with E-state index in [1.54, 1.807) is 4.90 Å². The standard InChI is InChI=1S/C20H25N3O3S/c1-11(2)26-19(25)16-12(3)23(4)20(27)22-17(16)14-6-5-7-15(10-14)21-18(24)13-8-9-13/h5-7,10-11,13,17H,8-9H2,1-4H3,(H,21,24)(H,22,27). The molecule has 0 radical (unpaired) electrons. The lowest BCUT2D eigenvalue weighted by Crippen LogP contribution is -2.46. The fourth-order valence-corrected chi connectivity index (χ4v) is 3.27. The van der Waals surface area contributed by atoms with Crippen molar-refractivity contribution in [3.8, 4) is 0 Å². The Kier molecular flexibility index (Phi) is 5.51. The number of allylic oxidation sites excluding steroid dienone is 1. The van der Waals surface area contributed by atoms with Gasteiger partial charge in [-0.3, -0.25) is 4.79 Å². The first-order valence-electron chi connectivity index (χ1n) is 9.14. The molecule has 2 N–H and O–H groups in total. The van der Waals surface area contributed by atoms with E-state index < -0.39 is 6.04 Å². The number of esters is 1. The molecule has 1 atom stereocenters. The number of anilines is 1. The molecule has 2 aliphatic rings. The number of ether oxygens (including phenoxy) is 1. The first kappa shape index (κ1) is 19.4. The summed E-state index contributed by atoms with van der Waals surface area (Å²) >= 11 is 5.41. The number of carbonyl (C=O) groups is 2. The van der Waals surface area contributed by atoms with Crippen LogP contribution in [0.3, 0.4) is 0 Å². The Balaban J connectivity index is 1.93. The molecule has 1 heterocycles. The molecule has 1 aromatic carbocycles. The maximum Gasteiger partial charge on any atom is 0.338 e. The second kappa shape index (κ2) is 7.68. The third kappa shape index (κ3) is 4.30. The van der Waals surface area contributed by atoms with E-state index in [9.17, 15) is 9.59 Å². The lowest BCUT2D eigenvalue weighted by atomic mass is 9.94. The fourth-order valence-electron chi connectivity index (χ4n) is 3.01. The lowest BCUT2D eigenvalue weighted by molar-refractivity contribution is -0.143. The second-order valence-electron chi connectivity index (χ2n) is 7.28. The summed E-state index contributed by atoms with van der Waals surface area (Å²) in [6.07, 6.45) is 1.68. The van der Waals surface area contributed by atoms with Crippen LogP contribution < -0.4 is 10.6 Å². The first-order valence-corrected chi connectivity index (χ1v) is 9.55. The predicted octanol–water partition coefficient (Wildman–Crippen LogP) is 3.12. The van der Waals surface area contributed by atoms with Crippen molar-refractivity contribution in [2.45, 2.75) is 45.8 Å². The molecular formula is C20H25N3O3S. The first-order chi connectivity index (χ1) is 12.8. The van der Waals surface area contributed by atoms with Crippen LogP contribution in [0.25, 0.3) is 0 Å². The van der Waals surface area contributed by atoms with Crippen LogP contribution in [0.2, 0.25) is 0 Å². The molecule has 1 aromatic rings. The third-order valence-electron chi connectivity index (χ3n) is 4.75. The van der Waals surface area contributed by atoms with Gasteiger partial charge in [-0.25, -0.2) is 4.79 Å². The van der Waals surface area contributed by atoms with Crippen molar-refractivity contribution in [2.75, 3.05) is 12.4 Å². The molecule has 1 saturated carbocycles. The van der Waals surface area contributed by atoms with Gasteiger partial charge in [-0.05, 0) is 63.5 Å². The molecule has 1 aliphatic heterocycles. The molecule has 6 nitrogen and oxygen atoms in total. The maximum atomic E-state index is 12.8. The minimum absolute atomic E-state index is 0.0465. The highest BCUT2D eigenvalue weighted by molar-refractivity contribution is 7.80.